The first-order valence-electron chi connectivity index (χ1n) is 7.60. The van der Waals surface area contributed by atoms with Gasteiger partial charge in [-0.1, -0.05) is 30.0 Å². The van der Waals surface area contributed by atoms with Crippen LogP contribution in [0.1, 0.15) is 15.9 Å². The molecule has 4 heteroatoms. The monoisotopic (exact) mass is 330 g/mol. The highest BCUT2D eigenvalue weighted by atomic mass is 32.2. The lowest BCUT2D eigenvalue weighted by molar-refractivity contribution is 0.104. The van der Waals surface area contributed by atoms with Crippen LogP contribution >= 0.6 is 11.8 Å². The number of nitrogens with zero attached hydrogens (tertiary/aromatic N) is 1. The van der Waals surface area contributed by atoms with Crippen LogP contribution in [-0.2, 0) is 0 Å². The van der Waals surface area contributed by atoms with Gasteiger partial charge in [-0.25, -0.2) is 0 Å². The first-order chi connectivity index (χ1) is 11.8. The maximum Gasteiger partial charge on any atom is 0.185 e. The summed E-state index contributed by atoms with van der Waals surface area (Å²) in [5.41, 5.74) is 3.62. The maximum absolute atomic E-state index is 12.4. The standard InChI is InChI=1S/C20H14N2OS/c23-18(9-7-14-4-3-11-21-13-14)15-8-10-20-17(12-15)22-16-5-1-2-6-19(16)24-20/h1-13,22H/b9-7+. The van der Waals surface area contributed by atoms with E-state index < -0.39 is 0 Å². The summed E-state index contributed by atoms with van der Waals surface area (Å²) in [6.07, 6.45) is 6.81. The molecular weight excluding hydrogens is 316 g/mol. The van der Waals surface area contributed by atoms with Crippen LogP contribution in [0, 0.1) is 0 Å². The van der Waals surface area contributed by atoms with E-state index >= 15 is 0 Å². The number of ketones is 1. The van der Waals surface area contributed by atoms with E-state index in [2.05, 4.69) is 16.4 Å². The maximum atomic E-state index is 12.4. The number of carbonyl (C=O) groups is 1. The zero-order valence-electron chi connectivity index (χ0n) is 12.8. The number of pyridine rings is 1. The molecule has 3 nitrogen and oxygen atoms in total. The Labute approximate surface area is 144 Å². The molecule has 0 aliphatic carbocycles. The van der Waals surface area contributed by atoms with Crippen LogP contribution in [0.25, 0.3) is 6.08 Å². The average molecular weight is 330 g/mol. The van der Waals surface area contributed by atoms with Gasteiger partial charge >= 0.3 is 0 Å². The molecule has 0 amide bonds. The highest BCUT2D eigenvalue weighted by Gasteiger charge is 2.16. The van der Waals surface area contributed by atoms with Crippen molar-refractivity contribution in [1.82, 2.24) is 4.98 Å². The second-order valence-corrected chi connectivity index (χ2v) is 6.50. The first kappa shape index (κ1) is 14.7. The van der Waals surface area contributed by atoms with Gasteiger partial charge in [-0.3, -0.25) is 9.78 Å². The van der Waals surface area contributed by atoms with Crippen molar-refractivity contribution in [2.75, 3.05) is 5.32 Å². The van der Waals surface area contributed by atoms with Gasteiger partial charge < -0.3 is 5.32 Å². The van der Waals surface area contributed by atoms with Gasteiger partial charge in [-0.2, -0.15) is 0 Å². The zero-order chi connectivity index (χ0) is 16.4. The molecule has 0 saturated heterocycles. The Morgan fingerprint density at radius 3 is 2.75 bits per heavy atom. The highest BCUT2D eigenvalue weighted by molar-refractivity contribution is 7.99. The molecule has 0 bridgehead atoms. The SMILES string of the molecule is O=C(/C=C/c1cccnc1)c1ccc2c(c1)Nc1ccccc1S2. The van der Waals surface area contributed by atoms with Gasteiger partial charge in [0.25, 0.3) is 0 Å². The molecule has 0 unspecified atom stereocenters. The molecule has 3 aromatic rings. The zero-order valence-corrected chi connectivity index (χ0v) is 13.6. The number of para-hydroxylation sites is 1. The average Bonchev–Trinajstić information content (AvgIpc) is 2.64. The number of nitrogens with one attached hydrogen (secondary N) is 1. The van der Waals surface area contributed by atoms with Crippen molar-refractivity contribution < 1.29 is 4.79 Å². The van der Waals surface area contributed by atoms with E-state index in [-0.39, 0.29) is 5.78 Å². The van der Waals surface area contributed by atoms with Crippen molar-refractivity contribution in [3.8, 4) is 0 Å². The Hall–Kier alpha value is -2.85. The molecule has 1 N–H and O–H groups in total. The van der Waals surface area contributed by atoms with E-state index in [1.54, 1.807) is 36.3 Å². The number of benzene rings is 2. The van der Waals surface area contributed by atoms with Crippen LogP contribution in [-0.4, -0.2) is 10.8 Å². The minimum absolute atomic E-state index is 0.0210. The summed E-state index contributed by atoms with van der Waals surface area (Å²) < 4.78 is 0. The van der Waals surface area contributed by atoms with Crippen LogP contribution in [0.3, 0.4) is 0 Å². The number of hydrogen-bond donors (Lipinski definition) is 1. The smallest absolute Gasteiger partial charge is 0.185 e. The first-order valence-corrected chi connectivity index (χ1v) is 8.42. The summed E-state index contributed by atoms with van der Waals surface area (Å²) in [7, 11) is 0. The van der Waals surface area contributed by atoms with Crippen molar-refractivity contribution in [3.63, 3.8) is 0 Å². The normalized spacial score (nSPS) is 12.3. The lowest BCUT2D eigenvalue weighted by atomic mass is 10.1. The molecule has 2 aromatic carbocycles. The molecule has 0 radical (unpaired) electrons. The molecule has 1 aliphatic rings. The summed E-state index contributed by atoms with van der Waals surface area (Å²) in [5.74, 6) is -0.0210. The Morgan fingerprint density at radius 2 is 1.88 bits per heavy atom. The number of fused-ring (bicyclic) bond motifs is 2. The van der Waals surface area contributed by atoms with Crippen molar-refractivity contribution in [1.29, 1.82) is 0 Å². The largest absolute Gasteiger partial charge is 0.354 e. The van der Waals surface area contributed by atoms with E-state index in [1.807, 2.05) is 48.5 Å². The quantitative estimate of drug-likeness (QED) is 0.415. The Bertz CT molecular complexity index is 935. The number of rotatable bonds is 3. The second kappa shape index (κ2) is 6.34. The van der Waals surface area contributed by atoms with Crippen molar-refractivity contribution in [2.24, 2.45) is 0 Å². The minimum Gasteiger partial charge on any atom is -0.354 e. The lowest BCUT2D eigenvalue weighted by Gasteiger charge is -2.20. The number of aromatic nitrogens is 1. The Morgan fingerprint density at radius 1 is 1.00 bits per heavy atom. The minimum atomic E-state index is -0.0210. The van der Waals surface area contributed by atoms with Gasteiger partial charge in [0.1, 0.15) is 0 Å². The summed E-state index contributed by atoms with van der Waals surface area (Å²) >= 11 is 1.71. The molecule has 0 saturated carbocycles. The molecule has 24 heavy (non-hydrogen) atoms. The van der Waals surface area contributed by atoms with Crippen LogP contribution in [0.2, 0.25) is 0 Å². The summed E-state index contributed by atoms with van der Waals surface area (Å²) in [5, 5.41) is 3.40. The fraction of sp³-hybridized carbons (Fsp3) is 0. The molecule has 2 heterocycles. The topological polar surface area (TPSA) is 42.0 Å². The Balaban J connectivity index is 1.58. The summed E-state index contributed by atoms with van der Waals surface area (Å²) in [4.78, 5) is 18.8. The van der Waals surface area contributed by atoms with E-state index in [9.17, 15) is 4.79 Å². The van der Waals surface area contributed by atoms with E-state index in [0.29, 0.717) is 5.56 Å². The molecular formula is C20H14N2OS. The predicted molar refractivity (Wildman–Crippen MR) is 97.9 cm³/mol. The van der Waals surface area contributed by atoms with Gasteiger partial charge in [-0.15, -0.1) is 0 Å². The predicted octanol–water partition coefficient (Wildman–Crippen LogP) is 5.19. The van der Waals surface area contributed by atoms with Crippen molar-refractivity contribution in [3.05, 3.63) is 84.2 Å². The van der Waals surface area contributed by atoms with Gasteiger partial charge in [0, 0.05) is 27.7 Å². The summed E-state index contributed by atoms with van der Waals surface area (Å²) in [6, 6.07) is 17.7. The summed E-state index contributed by atoms with van der Waals surface area (Å²) in [6.45, 7) is 0. The molecule has 0 fully saturated rings. The van der Waals surface area contributed by atoms with E-state index in [1.165, 1.54) is 4.90 Å². The number of anilines is 2. The lowest BCUT2D eigenvalue weighted by Crippen LogP contribution is -2.02. The van der Waals surface area contributed by atoms with Gasteiger partial charge in [0.05, 0.1) is 11.4 Å². The molecule has 0 spiro atoms. The van der Waals surface area contributed by atoms with Gasteiger partial charge in [0.2, 0.25) is 0 Å². The van der Waals surface area contributed by atoms with Gasteiger partial charge in [0.15, 0.2) is 5.78 Å². The molecule has 116 valence electrons. The fourth-order valence-corrected chi connectivity index (χ4v) is 3.50. The number of hydrogen-bond acceptors (Lipinski definition) is 4. The molecule has 1 aromatic heterocycles. The third kappa shape index (κ3) is 2.96. The van der Waals surface area contributed by atoms with Crippen molar-refractivity contribution in [2.45, 2.75) is 9.79 Å². The van der Waals surface area contributed by atoms with Crippen LogP contribution < -0.4 is 5.32 Å². The molecule has 4 rings (SSSR count). The van der Waals surface area contributed by atoms with Crippen LogP contribution in [0.4, 0.5) is 11.4 Å². The molecule has 0 atom stereocenters. The fourth-order valence-electron chi connectivity index (χ4n) is 2.54. The number of carbonyl (C=O) groups excluding carboxylic acids is 1. The third-order valence-corrected chi connectivity index (χ3v) is 4.90. The highest BCUT2D eigenvalue weighted by Crippen LogP contribution is 2.44. The van der Waals surface area contributed by atoms with E-state index in [0.717, 1.165) is 21.8 Å². The van der Waals surface area contributed by atoms with E-state index in [4.69, 9.17) is 0 Å². The second-order valence-electron chi connectivity index (χ2n) is 5.42. The van der Waals surface area contributed by atoms with Crippen LogP contribution in [0.5, 0.6) is 0 Å². The number of allylic oxidation sites excluding steroid dienone is 1. The van der Waals surface area contributed by atoms with Crippen molar-refractivity contribution >= 4 is 35.0 Å². The Kier molecular flexibility index (Phi) is 3.89. The molecule has 1 aliphatic heterocycles. The van der Waals surface area contributed by atoms with Crippen LogP contribution in [0.15, 0.2) is 82.9 Å². The third-order valence-electron chi connectivity index (χ3n) is 3.75. The van der Waals surface area contributed by atoms with Gasteiger partial charge in [-0.05, 0) is 54.1 Å².